The van der Waals surface area contributed by atoms with E-state index in [-0.39, 0.29) is 20.1 Å². The Bertz CT molecular complexity index is 3960. The minimum Gasteiger partial charge on any atom is -0.501 e. The summed E-state index contributed by atoms with van der Waals surface area (Å²) >= 11 is -2.03. The van der Waals surface area contributed by atoms with Gasteiger partial charge in [-0.3, -0.25) is 4.98 Å². The van der Waals surface area contributed by atoms with Crippen LogP contribution in [-0.2, 0) is 20.1 Å². The first-order valence-corrected chi connectivity index (χ1v) is 29.9. The van der Waals surface area contributed by atoms with Crippen LogP contribution in [-0.4, -0.2) is 27.8 Å². The van der Waals surface area contributed by atoms with Crippen LogP contribution >= 0.6 is 0 Å². The zero-order valence-electron chi connectivity index (χ0n) is 42.3. The fourth-order valence-electron chi connectivity index (χ4n) is 9.18. The second-order valence-corrected chi connectivity index (χ2v) is 28.8. The maximum atomic E-state index is 8.44. The Hall–Kier alpha value is -6.83. The van der Waals surface area contributed by atoms with Crippen molar-refractivity contribution in [1.82, 2.24) is 14.5 Å². The summed E-state index contributed by atoms with van der Waals surface area (Å²) in [5, 5.41) is 3.65. The molecule has 0 atom stereocenters. The fourth-order valence-corrected chi connectivity index (χ4v) is 12.5. The van der Waals surface area contributed by atoms with Crippen molar-refractivity contribution in [2.45, 2.75) is 43.9 Å². The van der Waals surface area contributed by atoms with E-state index >= 15 is 0 Å². The first-order chi connectivity index (χ1) is 34.1. The van der Waals surface area contributed by atoms with Gasteiger partial charge in [-0.2, -0.15) is 0 Å². The Morgan fingerprint density at radius 2 is 1.35 bits per heavy atom. The minimum atomic E-state index is -2.18. The third kappa shape index (κ3) is 8.32. The zero-order valence-corrected chi connectivity index (χ0v) is 42.8. The van der Waals surface area contributed by atoms with Gasteiger partial charge in [0, 0.05) is 51.6 Å². The molecule has 0 spiro atoms. The van der Waals surface area contributed by atoms with Crippen LogP contribution in [0.5, 0.6) is 0 Å². The van der Waals surface area contributed by atoms with E-state index in [4.69, 9.17) is 19.3 Å². The van der Waals surface area contributed by atoms with Crippen molar-refractivity contribution in [3.05, 3.63) is 205 Å². The van der Waals surface area contributed by atoms with Gasteiger partial charge in [-0.15, -0.1) is 18.2 Å². The summed E-state index contributed by atoms with van der Waals surface area (Å²) in [4.78, 5) is 9.80. The number of fused-ring (bicyclic) bond motifs is 7. The van der Waals surface area contributed by atoms with Gasteiger partial charge in [0.05, 0.1) is 22.4 Å². The molecule has 335 valence electrons. The molecule has 8 aromatic carbocycles. The number of nitrogens with zero attached hydrogens (tertiary/aromatic N) is 3. The molecule has 0 unspecified atom stereocenters. The first kappa shape index (κ1) is 40.3. The Labute approximate surface area is 418 Å². The van der Waals surface area contributed by atoms with E-state index in [0.29, 0.717) is 16.7 Å². The van der Waals surface area contributed by atoms with E-state index in [1.54, 1.807) is 18.2 Å². The maximum absolute atomic E-state index is 8.44. The van der Waals surface area contributed by atoms with Crippen LogP contribution in [0.15, 0.2) is 191 Å². The monoisotopic (exact) mass is 1130 g/mol. The number of aryl methyl sites for hydroxylation is 1. The quantitative estimate of drug-likeness (QED) is 0.118. The predicted molar refractivity (Wildman–Crippen MR) is 281 cm³/mol. The standard InChI is InChI=1S/C44H27N2O2.C17H22GeN.Ir/c1-27-18-23-40-36(24-27)33-22-20-29(25-41(33)47-40)30-19-21-32-34-13-9-14-35(43(34)48-42(32)26-30)44-45-37-15-6-8-17-39(37)46(44)38-16-7-5-12-31(38)28-10-3-2-4-11-28;1-13(2)15-11-17(14-9-7-6-8-10-14)19-12-16(15)18(3,4)5;/h2-13,15-26H,1H3;6-9,11-13H,1-5H3;/q2*-1;/i1D3;13D;. The number of para-hydroxylation sites is 3. The van der Waals surface area contributed by atoms with Crippen LogP contribution in [0.2, 0.25) is 17.3 Å². The molecule has 5 nitrogen and oxygen atoms in total. The van der Waals surface area contributed by atoms with Crippen molar-refractivity contribution < 1.29 is 34.4 Å². The molecule has 0 N–H and O–H groups in total. The Balaban J connectivity index is 0.000000240. The van der Waals surface area contributed by atoms with Crippen LogP contribution in [0.3, 0.4) is 0 Å². The van der Waals surface area contributed by atoms with Crippen molar-refractivity contribution in [3.63, 3.8) is 0 Å². The summed E-state index contributed by atoms with van der Waals surface area (Å²) in [6.45, 7) is 1.73. The summed E-state index contributed by atoms with van der Waals surface area (Å²) < 4.78 is 48.4. The van der Waals surface area contributed by atoms with Gasteiger partial charge in [-0.05, 0) is 72.1 Å². The van der Waals surface area contributed by atoms with Crippen LogP contribution in [0.4, 0.5) is 0 Å². The first-order valence-electron chi connectivity index (χ1n) is 24.5. The zero-order chi connectivity index (χ0) is 49.2. The summed E-state index contributed by atoms with van der Waals surface area (Å²) in [6.07, 6.45) is 2.00. The number of aromatic nitrogens is 3. The molecule has 0 saturated heterocycles. The number of hydrogen-bond acceptors (Lipinski definition) is 4. The average molecular weight is 1120 g/mol. The number of rotatable bonds is 7. The fraction of sp³-hybridized carbons (Fsp3) is 0.115. The Kier molecular flexibility index (Phi) is 10.9. The average Bonchev–Trinajstić information content (AvgIpc) is 4.07. The number of pyridine rings is 1. The van der Waals surface area contributed by atoms with Crippen molar-refractivity contribution in [3.8, 4) is 50.6 Å². The molecule has 0 aliphatic heterocycles. The normalized spacial score (nSPS) is 12.9. The number of imidazole rings is 1. The molecular weight excluding hydrogens is 1070 g/mol. The molecule has 12 rings (SSSR count). The summed E-state index contributed by atoms with van der Waals surface area (Å²) in [5.41, 5.74) is 14.0. The van der Waals surface area contributed by atoms with E-state index in [0.717, 1.165) is 99.9 Å². The summed E-state index contributed by atoms with van der Waals surface area (Å²) in [6, 6.07) is 65.0. The van der Waals surface area contributed by atoms with Crippen LogP contribution in [0, 0.1) is 19.0 Å². The van der Waals surface area contributed by atoms with Crippen LogP contribution in [0.25, 0.3) is 105 Å². The topological polar surface area (TPSA) is 57.0 Å². The molecule has 0 amide bonds. The van der Waals surface area contributed by atoms with Crippen molar-refractivity contribution in [2.24, 2.45) is 0 Å². The smallest absolute Gasteiger partial charge is 0.136 e. The molecule has 7 heteroatoms. The second-order valence-electron chi connectivity index (χ2n) is 18.2. The maximum Gasteiger partial charge on any atom is 0.136 e. The molecule has 0 aliphatic carbocycles. The summed E-state index contributed by atoms with van der Waals surface area (Å²) in [7, 11) is 0. The van der Waals surface area contributed by atoms with Gasteiger partial charge < -0.3 is 13.4 Å². The molecule has 4 aromatic heterocycles. The third-order valence-corrected chi connectivity index (χ3v) is 16.7. The van der Waals surface area contributed by atoms with Gasteiger partial charge in [-0.25, -0.2) is 0 Å². The van der Waals surface area contributed by atoms with E-state index < -0.39 is 26.0 Å². The van der Waals surface area contributed by atoms with Gasteiger partial charge in [0.2, 0.25) is 0 Å². The molecular formula is C61H49GeIrN3O2-2. The van der Waals surface area contributed by atoms with Gasteiger partial charge in [-0.1, -0.05) is 101 Å². The van der Waals surface area contributed by atoms with E-state index in [1.165, 1.54) is 4.40 Å². The van der Waals surface area contributed by atoms with Crippen molar-refractivity contribution in [2.75, 3.05) is 0 Å². The second kappa shape index (κ2) is 18.3. The SMILES string of the molecule is [2H]C(C)(C)c1cc(-c2[c-]cccc2)nc[c]1[Ge]([CH3])([CH3])[CH3].[2H]C([2H])([2H])c1ccc2oc3cc(-c4ccc5c(c4)oc4c(-c6nc7ccccc7n6-c6ccccc6-c6ccccc6)[c-]ccc45)ccc3c2c1.[Ir]. The van der Waals surface area contributed by atoms with Gasteiger partial charge in [0.1, 0.15) is 16.7 Å². The minimum absolute atomic E-state index is 0. The molecule has 1 radical (unpaired) electrons. The molecule has 4 heterocycles. The molecule has 0 bridgehead atoms. The number of benzene rings is 8. The predicted octanol–water partition coefficient (Wildman–Crippen LogP) is 16.1. The number of furan rings is 2. The molecule has 0 saturated carbocycles. The van der Waals surface area contributed by atoms with Gasteiger partial charge in [0.15, 0.2) is 0 Å². The molecule has 0 fully saturated rings. The van der Waals surface area contributed by atoms with Crippen LogP contribution < -0.4 is 4.40 Å². The van der Waals surface area contributed by atoms with E-state index in [9.17, 15) is 0 Å². The van der Waals surface area contributed by atoms with E-state index in [2.05, 4.69) is 118 Å². The number of hydrogen-bond donors (Lipinski definition) is 0. The van der Waals surface area contributed by atoms with Crippen molar-refractivity contribution in [1.29, 1.82) is 0 Å². The largest absolute Gasteiger partial charge is 0.501 e. The molecule has 68 heavy (non-hydrogen) atoms. The van der Waals surface area contributed by atoms with Crippen LogP contribution in [0.1, 0.15) is 36.4 Å². The molecule has 0 aliphatic rings. The van der Waals surface area contributed by atoms with E-state index in [1.807, 2.05) is 98.9 Å². The van der Waals surface area contributed by atoms with Gasteiger partial charge in [0.25, 0.3) is 0 Å². The summed E-state index contributed by atoms with van der Waals surface area (Å²) in [5.74, 6) is 7.20. The Morgan fingerprint density at radius 3 is 2.10 bits per heavy atom. The third-order valence-electron chi connectivity index (χ3n) is 12.5. The molecule has 12 aromatic rings. The van der Waals surface area contributed by atoms with Gasteiger partial charge >= 0.3 is 120 Å². The Morgan fingerprint density at radius 1 is 0.632 bits per heavy atom. The van der Waals surface area contributed by atoms with Crippen molar-refractivity contribution >= 4 is 72.6 Å².